The molecule has 0 bridgehead atoms. The van der Waals surface area contributed by atoms with E-state index in [0.29, 0.717) is 0 Å². The van der Waals surface area contributed by atoms with Crippen molar-refractivity contribution in [2.45, 2.75) is 18.3 Å². The number of hydrogen-bond acceptors (Lipinski definition) is 3. The standard InChI is InChI=1S/C8H5.C3H3N2S.Sn/c1-3-5-7-8-6-4-2;1-3-5-4-2-6-3;/h1H2,2H3;1H3;. The van der Waals surface area contributed by atoms with Gasteiger partial charge in [0.1, 0.15) is 0 Å². The first kappa shape index (κ1) is 12.1. The first-order chi connectivity index (χ1) is 7.33. The van der Waals surface area contributed by atoms with Crippen LogP contribution in [0.3, 0.4) is 0 Å². The van der Waals surface area contributed by atoms with Crippen molar-refractivity contribution >= 4 is 35.5 Å². The summed E-state index contributed by atoms with van der Waals surface area (Å²) in [7, 11) is 0. The Morgan fingerprint density at radius 3 is 2.67 bits per heavy atom. The first-order valence-corrected chi connectivity index (χ1v) is 8.52. The summed E-state index contributed by atoms with van der Waals surface area (Å²) >= 11 is 1.05. The molecule has 0 atom stereocenters. The van der Waals surface area contributed by atoms with Crippen LogP contribution in [0.1, 0.15) is 11.9 Å². The van der Waals surface area contributed by atoms with E-state index in [-0.39, 0.29) is 0 Å². The Labute approximate surface area is 104 Å². The third-order valence-corrected chi connectivity index (χ3v) is 5.91. The van der Waals surface area contributed by atoms with Gasteiger partial charge in [0.25, 0.3) is 0 Å². The van der Waals surface area contributed by atoms with Gasteiger partial charge in [-0.25, -0.2) is 0 Å². The molecule has 1 heterocycles. The van der Waals surface area contributed by atoms with Crippen molar-refractivity contribution in [1.82, 2.24) is 10.2 Å². The predicted molar refractivity (Wildman–Crippen MR) is 63.8 cm³/mol. The Kier molecular flexibility index (Phi) is 5.93. The van der Waals surface area contributed by atoms with Crippen molar-refractivity contribution in [2.75, 3.05) is 0 Å². The van der Waals surface area contributed by atoms with Gasteiger partial charge >= 0.3 is 105 Å². The van der Waals surface area contributed by atoms with Gasteiger partial charge in [-0.15, -0.1) is 0 Å². The third-order valence-electron chi connectivity index (χ3n) is 1.25. The van der Waals surface area contributed by atoms with E-state index in [1.165, 1.54) is 3.02 Å². The van der Waals surface area contributed by atoms with Crippen LogP contribution in [0.2, 0.25) is 4.44 Å². The van der Waals surface area contributed by atoms with Gasteiger partial charge in [0.05, 0.1) is 0 Å². The Morgan fingerprint density at radius 1 is 1.20 bits per heavy atom. The molecule has 72 valence electrons. The fourth-order valence-corrected chi connectivity index (χ4v) is 4.86. The van der Waals surface area contributed by atoms with E-state index < -0.39 is 21.1 Å². The first-order valence-electron chi connectivity index (χ1n) is 4.26. The summed E-state index contributed by atoms with van der Waals surface area (Å²) < 4.78 is 2.14. The fourth-order valence-electron chi connectivity index (χ4n) is 0.701. The molecule has 2 radical (unpaired) electrons. The number of aromatic nitrogens is 2. The van der Waals surface area contributed by atoms with E-state index >= 15 is 0 Å². The minimum atomic E-state index is -0.633. The normalized spacial score (nSPS) is 7.60. The third kappa shape index (κ3) is 5.47. The SMILES string of the molecule is CC#CC#CC#C[CH2][Sn][c]1nnc(C)s1. The van der Waals surface area contributed by atoms with Crippen LogP contribution in [0.5, 0.6) is 0 Å². The zero-order valence-corrected chi connectivity index (χ0v) is 12.2. The van der Waals surface area contributed by atoms with Crippen molar-refractivity contribution in [3.8, 4) is 35.5 Å². The topological polar surface area (TPSA) is 25.8 Å². The van der Waals surface area contributed by atoms with Crippen LogP contribution in [0.4, 0.5) is 0 Å². The maximum atomic E-state index is 4.08. The van der Waals surface area contributed by atoms with Crippen LogP contribution in [0.15, 0.2) is 0 Å². The number of rotatable bonds is 2. The van der Waals surface area contributed by atoms with Crippen molar-refractivity contribution in [3.05, 3.63) is 5.01 Å². The molecule has 0 unspecified atom stereocenters. The molecule has 0 N–H and O–H groups in total. The van der Waals surface area contributed by atoms with Crippen molar-refractivity contribution < 1.29 is 0 Å². The van der Waals surface area contributed by atoms with E-state index in [9.17, 15) is 0 Å². The molecule has 4 heteroatoms. The molecule has 0 aliphatic carbocycles. The molecular formula is C11H8N2SSn. The minimum absolute atomic E-state index is 0.633. The summed E-state index contributed by atoms with van der Waals surface area (Å²) in [6, 6.07) is 0. The summed E-state index contributed by atoms with van der Waals surface area (Å²) in [6.07, 6.45) is 0. The Hall–Kier alpha value is -0.961. The fraction of sp³-hybridized carbons (Fsp3) is 0.273. The van der Waals surface area contributed by atoms with Crippen LogP contribution < -0.4 is 3.02 Å². The summed E-state index contributed by atoms with van der Waals surface area (Å²) in [5, 5.41) is 9.09. The predicted octanol–water partition coefficient (Wildman–Crippen LogP) is 0.624. The van der Waals surface area contributed by atoms with Crippen LogP contribution in [-0.4, -0.2) is 31.3 Å². The maximum absolute atomic E-state index is 4.08. The molecule has 0 saturated carbocycles. The average molecular weight is 319 g/mol. The number of nitrogens with zero attached hydrogens (tertiary/aromatic N) is 2. The van der Waals surface area contributed by atoms with Gasteiger partial charge < -0.3 is 0 Å². The molecule has 0 spiro atoms. The van der Waals surface area contributed by atoms with Crippen molar-refractivity contribution in [1.29, 1.82) is 0 Å². The van der Waals surface area contributed by atoms with Crippen LogP contribution in [-0.2, 0) is 0 Å². The van der Waals surface area contributed by atoms with Gasteiger partial charge in [0.2, 0.25) is 0 Å². The monoisotopic (exact) mass is 320 g/mol. The van der Waals surface area contributed by atoms with Gasteiger partial charge in [-0.05, 0) is 0 Å². The second-order valence-electron chi connectivity index (χ2n) is 2.41. The number of hydrogen-bond donors (Lipinski definition) is 0. The Morgan fingerprint density at radius 2 is 2.00 bits per heavy atom. The van der Waals surface area contributed by atoms with E-state index in [2.05, 4.69) is 45.7 Å². The molecule has 0 aliphatic rings. The Balaban J connectivity index is 2.33. The van der Waals surface area contributed by atoms with Crippen LogP contribution in [0, 0.1) is 42.4 Å². The quantitative estimate of drug-likeness (QED) is 0.590. The van der Waals surface area contributed by atoms with E-state index in [1.54, 1.807) is 18.3 Å². The van der Waals surface area contributed by atoms with Crippen LogP contribution in [0.25, 0.3) is 0 Å². The molecule has 1 rings (SSSR count). The molecule has 0 amide bonds. The summed E-state index contributed by atoms with van der Waals surface area (Å²) in [5.74, 6) is 16.5. The van der Waals surface area contributed by atoms with Gasteiger partial charge in [-0.1, -0.05) is 0 Å². The Bertz CT molecular complexity index is 500. The molecule has 1 aromatic heterocycles. The van der Waals surface area contributed by atoms with Gasteiger partial charge in [-0.2, -0.15) is 0 Å². The second-order valence-corrected chi connectivity index (χ2v) is 7.99. The number of aryl methyl sites for hydroxylation is 1. The molecule has 0 aliphatic heterocycles. The molecule has 1 aromatic rings. The summed E-state index contributed by atoms with van der Waals surface area (Å²) in [5.41, 5.74) is 0. The molecular weight excluding hydrogens is 311 g/mol. The van der Waals surface area contributed by atoms with Gasteiger partial charge in [0, 0.05) is 0 Å². The van der Waals surface area contributed by atoms with Crippen LogP contribution >= 0.6 is 11.3 Å². The molecule has 0 fully saturated rings. The van der Waals surface area contributed by atoms with E-state index in [1.807, 2.05) is 6.92 Å². The average Bonchev–Trinajstić information content (AvgIpc) is 2.63. The van der Waals surface area contributed by atoms with Crippen molar-refractivity contribution in [3.63, 3.8) is 0 Å². The van der Waals surface area contributed by atoms with Gasteiger partial charge in [-0.3, -0.25) is 0 Å². The second kappa shape index (κ2) is 7.35. The zero-order chi connectivity index (χ0) is 10.9. The summed E-state index contributed by atoms with van der Waals surface area (Å²) in [4.78, 5) is 0. The molecule has 0 saturated heterocycles. The molecule has 15 heavy (non-hydrogen) atoms. The van der Waals surface area contributed by atoms with E-state index in [4.69, 9.17) is 0 Å². The van der Waals surface area contributed by atoms with Gasteiger partial charge in [0.15, 0.2) is 0 Å². The summed E-state index contributed by atoms with van der Waals surface area (Å²) in [6.45, 7) is 3.73. The van der Waals surface area contributed by atoms with Crippen molar-refractivity contribution in [2.24, 2.45) is 0 Å². The zero-order valence-electron chi connectivity index (χ0n) is 8.51. The van der Waals surface area contributed by atoms with E-state index in [0.717, 1.165) is 9.44 Å². The molecule has 2 nitrogen and oxygen atoms in total. The molecule has 0 aromatic carbocycles.